The highest BCUT2D eigenvalue weighted by atomic mass is 16.4. The molecule has 0 spiro atoms. The highest BCUT2D eigenvalue weighted by Crippen LogP contribution is 2.11. The van der Waals surface area contributed by atoms with Gasteiger partial charge in [-0.25, -0.2) is 4.79 Å². The maximum Gasteiger partial charge on any atom is 0.326 e. The zero-order valence-corrected chi connectivity index (χ0v) is 38.5. The Labute approximate surface area is 390 Å². The van der Waals surface area contributed by atoms with Crippen molar-refractivity contribution in [2.75, 3.05) is 0 Å². The molecule has 0 heterocycles. The van der Waals surface area contributed by atoms with E-state index in [4.69, 9.17) is 28.7 Å². The first-order chi connectivity index (χ1) is 31.4. The van der Waals surface area contributed by atoms with E-state index in [1.165, 1.54) is 13.8 Å². The molecule has 0 unspecified atom stereocenters. The Balaban J connectivity index is 6.21. The maximum absolute atomic E-state index is 13.6. The molecule has 68 heavy (non-hydrogen) atoms. The minimum atomic E-state index is -1.89. The van der Waals surface area contributed by atoms with Gasteiger partial charge in [-0.05, 0) is 32.1 Å². The van der Waals surface area contributed by atoms with Gasteiger partial charge in [0.1, 0.15) is 48.3 Å². The monoisotopic (exact) mass is 971 g/mol. The van der Waals surface area contributed by atoms with Gasteiger partial charge in [0.25, 0.3) is 0 Å². The molecule has 0 aliphatic heterocycles. The molecule has 12 amide bonds. The first kappa shape index (κ1) is 60.5. The topological polar surface area (TPSA) is 506 Å². The maximum atomic E-state index is 13.6. The highest BCUT2D eigenvalue weighted by Gasteiger charge is 2.36. The van der Waals surface area contributed by atoms with E-state index in [1.54, 1.807) is 13.8 Å². The molecule has 0 aromatic rings. The van der Waals surface area contributed by atoms with Crippen LogP contribution in [0.15, 0.2) is 0 Å². The predicted molar refractivity (Wildman–Crippen MR) is 233 cm³/mol. The summed E-state index contributed by atoms with van der Waals surface area (Å²) in [6, 6.07) is -14.6. The lowest BCUT2D eigenvalue weighted by Gasteiger charge is -2.28. The van der Waals surface area contributed by atoms with Crippen LogP contribution >= 0.6 is 0 Å². The second-order valence-electron chi connectivity index (χ2n) is 16.0. The molecular formula is C39H65N13O16. The van der Waals surface area contributed by atoms with Crippen LogP contribution in [0.25, 0.3) is 0 Å². The van der Waals surface area contributed by atoms with Gasteiger partial charge in [-0.3, -0.25) is 62.3 Å². The summed E-state index contributed by atoms with van der Waals surface area (Å²) in [5.74, 6) is -17.3. The minimum absolute atomic E-state index is 0.199. The van der Waals surface area contributed by atoms with Gasteiger partial charge in [-0.2, -0.15) is 0 Å². The largest absolute Gasteiger partial charge is 0.481 e. The van der Waals surface area contributed by atoms with E-state index >= 15 is 0 Å². The van der Waals surface area contributed by atoms with Crippen LogP contribution in [-0.4, -0.2) is 147 Å². The number of primary amides is 4. The number of carbonyl (C=O) groups excluding carboxylic acids is 12. The predicted octanol–water partition coefficient (Wildman–Crippen LogP) is -7.22. The molecule has 0 radical (unpaired) electrons. The number of amides is 12. The lowest BCUT2D eigenvalue weighted by molar-refractivity contribution is -0.144. The van der Waals surface area contributed by atoms with Gasteiger partial charge >= 0.3 is 11.9 Å². The van der Waals surface area contributed by atoms with Gasteiger partial charge in [0.2, 0.25) is 70.9 Å². The van der Waals surface area contributed by atoms with Crippen molar-refractivity contribution in [3.05, 3.63) is 0 Å². The Morgan fingerprint density at radius 2 is 0.765 bits per heavy atom. The second-order valence-corrected chi connectivity index (χ2v) is 16.0. The third-order valence-corrected chi connectivity index (χ3v) is 10.2. The lowest BCUT2D eigenvalue weighted by Crippen LogP contribution is -2.61. The van der Waals surface area contributed by atoms with E-state index in [0.717, 1.165) is 13.8 Å². The normalized spacial score (nSPS) is 15.7. The third-order valence-electron chi connectivity index (χ3n) is 10.2. The van der Waals surface area contributed by atoms with Crippen LogP contribution in [0.5, 0.6) is 0 Å². The molecule has 29 nitrogen and oxygen atoms in total. The van der Waals surface area contributed by atoms with Crippen molar-refractivity contribution in [3.63, 3.8) is 0 Å². The van der Waals surface area contributed by atoms with E-state index in [0.29, 0.717) is 6.42 Å². The summed E-state index contributed by atoms with van der Waals surface area (Å²) in [4.78, 5) is 176. The first-order valence-corrected chi connectivity index (χ1v) is 21.2. The highest BCUT2D eigenvalue weighted by molar-refractivity contribution is 6.00. The fourth-order valence-electron chi connectivity index (χ4n) is 5.86. The van der Waals surface area contributed by atoms with E-state index in [1.807, 2.05) is 0 Å². The van der Waals surface area contributed by atoms with Crippen molar-refractivity contribution < 1.29 is 77.3 Å². The number of hydrogen-bond acceptors (Lipinski definition) is 15. The molecule has 0 aliphatic carbocycles. The Morgan fingerprint density at radius 3 is 1.16 bits per heavy atom. The first-order valence-electron chi connectivity index (χ1n) is 21.2. The Bertz CT molecular complexity index is 1920. The Morgan fingerprint density at radius 1 is 0.412 bits per heavy atom. The number of hydrogen-bond donors (Lipinski definition) is 15. The van der Waals surface area contributed by atoms with Gasteiger partial charge in [-0.15, -0.1) is 0 Å². The Kier molecular flexibility index (Phi) is 26.0. The van der Waals surface area contributed by atoms with Gasteiger partial charge in [0, 0.05) is 6.42 Å². The third kappa shape index (κ3) is 22.2. The smallest absolute Gasteiger partial charge is 0.326 e. The summed E-state index contributed by atoms with van der Waals surface area (Å²) < 4.78 is 0. The molecule has 11 atom stereocenters. The van der Waals surface area contributed by atoms with Gasteiger partial charge in [0.15, 0.2) is 0 Å². The number of nitrogens with one attached hydrogen (secondary N) is 8. The number of nitrogens with two attached hydrogens (primary N) is 5. The summed E-state index contributed by atoms with van der Waals surface area (Å²) in [7, 11) is 0. The fourth-order valence-corrected chi connectivity index (χ4v) is 5.86. The van der Waals surface area contributed by atoms with Crippen molar-refractivity contribution in [1.29, 1.82) is 0 Å². The van der Waals surface area contributed by atoms with E-state index in [-0.39, 0.29) is 12.8 Å². The van der Waals surface area contributed by atoms with Crippen molar-refractivity contribution in [2.24, 2.45) is 40.5 Å². The SMILES string of the molecule is CC[C@H](C)[C@H](NC(=O)[C@H](CC(N)=O)NC(=O)[C@H](CC(N)=O)NC(=O)[C@H](C)NC(=O)[C@@H](NC(=O)[C@H](CC(=O)O)NC(=O)[C@H](C)NC(=O)[C@H](CCC(N)=O)NC(=O)[C@@H](N)CC(N)=O)[C@@H](C)CC)C(=O)O. The molecule has 0 fully saturated rings. The van der Waals surface area contributed by atoms with E-state index < -0.39 is 181 Å². The van der Waals surface area contributed by atoms with Crippen molar-refractivity contribution >= 4 is 82.8 Å². The molecule has 0 saturated carbocycles. The molecule has 382 valence electrons. The number of carboxylic acid groups (broad SMARTS) is 2. The number of carboxylic acids is 2. The molecular weight excluding hydrogens is 907 g/mol. The van der Waals surface area contributed by atoms with Crippen LogP contribution < -0.4 is 71.2 Å². The summed E-state index contributed by atoms with van der Waals surface area (Å²) in [6.07, 6.45) is -3.65. The quantitative estimate of drug-likeness (QED) is 0.0298. The van der Waals surface area contributed by atoms with Crippen LogP contribution in [0.3, 0.4) is 0 Å². The molecule has 0 rings (SSSR count). The average molecular weight is 972 g/mol. The van der Waals surface area contributed by atoms with Crippen molar-refractivity contribution in [1.82, 2.24) is 42.5 Å². The van der Waals surface area contributed by atoms with Crippen molar-refractivity contribution in [3.8, 4) is 0 Å². The lowest BCUT2D eigenvalue weighted by atomic mass is 9.97. The van der Waals surface area contributed by atoms with E-state index in [2.05, 4.69) is 42.5 Å². The van der Waals surface area contributed by atoms with E-state index in [9.17, 15) is 77.3 Å². The van der Waals surface area contributed by atoms with Crippen molar-refractivity contribution in [2.45, 2.75) is 147 Å². The van der Waals surface area contributed by atoms with Crippen LogP contribution in [0, 0.1) is 11.8 Å². The zero-order chi connectivity index (χ0) is 52.7. The van der Waals surface area contributed by atoms with Crippen LogP contribution in [0.1, 0.15) is 92.9 Å². The summed E-state index contributed by atoms with van der Waals surface area (Å²) in [6.45, 7) is 8.55. The van der Waals surface area contributed by atoms with Crippen LogP contribution in [0.4, 0.5) is 0 Å². The minimum Gasteiger partial charge on any atom is -0.481 e. The average Bonchev–Trinajstić information content (AvgIpc) is 3.23. The molecule has 0 bridgehead atoms. The molecule has 0 aromatic carbocycles. The summed E-state index contributed by atoms with van der Waals surface area (Å²) in [5, 5.41) is 37.0. The molecule has 0 aliphatic rings. The molecule has 20 N–H and O–H groups in total. The number of aliphatic carboxylic acids is 2. The summed E-state index contributed by atoms with van der Waals surface area (Å²) in [5.41, 5.74) is 26.4. The Hall–Kier alpha value is -7.46. The van der Waals surface area contributed by atoms with Gasteiger partial charge in [0.05, 0.1) is 31.7 Å². The number of carbonyl (C=O) groups is 14. The molecule has 0 aromatic heterocycles. The zero-order valence-electron chi connectivity index (χ0n) is 38.5. The number of rotatable bonds is 32. The van der Waals surface area contributed by atoms with Crippen LogP contribution in [-0.2, 0) is 67.1 Å². The molecule has 29 heteroatoms. The standard InChI is InChI=1S/C39H65N13O16/c1-7-15(3)29(51-37(65)23(14-28(57)58)49-31(59)17(5)45-34(62)20(9-10-24(41)53)47-33(61)19(40)11-25(42)54)38(66)46-18(6)32(60)48-21(12-26(43)55)35(63)50-22(13-27(44)56)36(64)52-30(39(67)68)16(4)8-2/h15-23,29-30H,7-14,40H2,1-6H3,(H2,41,53)(H2,42,54)(H2,43,55)(H2,44,56)(H,45,62)(H,46,66)(H,47,61)(H,48,60)(H,49,59)(H,50,63)(H,51,65)(H,52,64)(H,57,58)(H,67,68)/t15-,16-,17-,18-,19-,20-,21-,22-,23-,29-,30-/m0/s1. The second kappa shape index (κ2) is 29.2. The van der Waals surface area contributed by atoms with Crippen LogP contribution in [0.2, 0.25) is 0 Å². The van der Waals surface area contributed by atoms with Gasteiger partial charge in [-0.1, -0.05) is 40.5 Å². The molecule has 0 saturated heterocycles. The summed E-state index contributed by atoms with van der Waals surface area (Å²) >= 11 is 0. The fraction of sp³-hybridized carbons (Fsp3) is 0.641. The van der Waals surface area contributed by atoms with Gasteiger partial charge < -0.3 is 81.4 Å².